The highest BCUT2D eigenvalue weighted by atomic mass is 32.2. The quantitative estimate of drug-likeness (QED) is 0.207. The normalized spacial score (nSPS) is 15.5. The number of thiophene rings is 1. The van der Waals surface area contributed by atoms with Gasteiger partial charge in [0.05, 0.1) is 32.7 Å². The topological polar surface area (TPSA) is 98.2 Å². The van der Waals surface area contributed by atoms with Crippen molar-refractivity contribution in [2.45, 2.75) is 90.0 Å². The Kier molecular flexibility index (Phi) is 10.7. The molecule has 1 N–H and O–H groups in total. The van der Waals surface area contributed by atoms with Crippen LogP contribution in [0.5, 0.6) is 5.88 Å². The average molecular weight is 622 g/mol. The number of benzene rings is 2. The third kappa shape index (κ3) is 8.71. The summed E-state index contributed by atoms with van der Waals surface area (Å²) in [4.78, 5) is 22.4. The fourth-order valence-corrected chi connectivity index (χ4v) is 7.09. The molecule has 0 saturated heterocycles. The number of fused-ring (bicyclic) bond motifs is 1. The standard InChI is InChI=1S/C15H14N2OS.C13H16O.C6H13NO2S/c1-10(2)18-15-14(13-8-5-9-19-13)16-11-6-3-4-7-12(11)17-15;1-10(2)12(14)13(8-9-13)11-6-4-3-5-7-11;1-5(2)7-10(8,9)6-3-4-6/h3-10H,1-2H3;3-7,10H,8-9H2,1-2H3;5-7H,3-4H2,1-2H3. The number of Topliss-reactive ketones (excluding diaryl/α,β-unsaturated/α-hetero) is 1. The van der Waals surface area contributed by atoms with Crippen molar-refractivity contribution in [3.05, 3.63) is 77.7 Å². The van der Waals surface area contributed by atoms with Crippen LogP contribution in [0.1, 0.15) is 72.8 Å². The largest absolute Gasteiger partial charge is 0.473 e. The number of sulfonamides is 1. The molecule has 0 radical (unpaired) electrons. The summed E-state index contributed by atoms with van der Waals surface area (Å²) >= 11 is 1.64. The highest BCUT2D eigenvalue weighted by Crippen LogP contribution is 2.50. The number of nitrogens with one attached hydrogen (secondary N) is 1. The summed E-state index contributed by atoms with van der Waals surface area (Å²) in [6.45, 7) is 11.6. The van der Waals surface area contributed by atoms with Crippen LogP contribution in [0.2, 0.25) is 0 Å². The SMILES string of the molecule is CC(C)C(=O)C1(c2ccccc2)CC1.CC(C)NS(=O)(=O)C1CC1.CC(C)Oc1nc2ccccc2nc1-c1cccs1. The van der Waals surface area contributed by atoms with Crippen molar-refractivity contribution < 1.29 is 17.9 Å². The fourth-order valence-electron chi connectivity index (χ4n) is 4.78. The molecule has 0 atom stereocenters. The maximum Gasteiger partial charge on any atom is 0.242 e. The Hall–Kier alpha value is -3.14. The third-order valence-electron chi connectivity index (χ3n) is 7.08. The molecule has 0 unspecified atom stereocenters. The first-order valence-corrected chi connectivity index (χ1v) is 17.4. The lowest BCUT2D eigenvalue weighted by molar-refractivity contribution is -0.124. The Bertz CT molecular complexity index is 1590. The van der Waals surface area contributed by atoms with Gasteiger partial charge in [0.2, 0.25) is 15.9 Å². The second-order valence-electron chi connectivity index (χ2n) is 12.0. The summed E-state index contributed by atoms with van der Waals surface area (Å²) in [7, 11) is -2.94. The molecular weight excluding hydrogens is 579 g/mol. The van der Waals surface area contributed by atoms with Gasteiger partial charge in [-0.15, -0.1) is 11.3 Å². The Labute approximate surface area is 260 Å². The van der Waals surface area contributed by atoms with Crippen molar-refractivity contribution in [1.29, 1.82) is 0 Å². The van der Waals surface area contributed by atoms with Crippen LogP contribution in [0, 0.1) is 5.92 Å². The van der Waals surface area contributed by atoms with Gasteiger partial charge in [0.25, 0.3) is 0 Å². The van der Waals surface area contributed by atoms with Crippen molar-refractivity contribution in [1.82, 2.24) is 14.7 Å². The zero-order chi connectivity index (χ0) is 31.2. The molecule has 2 saturated carbocycles. The minimum Gasteiger partial charge on any atom is -0.473 e. The summed E-state index contributed by atoms with van der Waals surface area (Å²) in [6, 6.07) is 22.1. The lowest BCUT2D eigenvalue weighted by Gasteiger charge is -2.16. The maximum absolute atomic E-state index is 12.0. The molecular formula is C34H43N3O4S2. The lowest BCUT2D eigenvalue weighted by Crippen LogP contribution is -2.32. The number of hydrogen-bond donors (Lipinski definition) is 1. The molecule has 6 rings (SSSR count). The number of carbonyl (C=O) groups excluding carboxylic acids is 1. The number of ketones is 1. The molecule has 0 bridgehead atoms. The van der Waals surface area contributed by atoms with Crippen molar-refractivity contribution in [3.8, 4) is 16.5 Å². The number of nitrogens with zero attached hydrogens (tertiary/aromatic N) is 2. The van der Waals surface area contributed by atoms with E-state index in [9.17, 15) is 13.2 Å². The molecule has 2 aliphatic carbocycles. The number of carbonyl (C=O) groups is 1. The van der Waals surface area contributed by atoms with Crippen molar-refractivity contribution in [3.63, 3.8) is 0 Å². The molecule has 2 heterocycles. The molecule has 0 spiro atoms. The van der Waals surface area contributed by atoms with Crippen LogP contribution in [0.25, 0.3) is 21.6 Å². The summed E-state index contributed by atoms with van der Waals surface area (Å²) in [5.41, 5.74) is 3.66. The molecule has 9 heteroatoms. The number of ether oxygens (including phenoxy) is 1. The van der Waals surface area contributed by atoms with Gasteiger partial charge in [-0.3, -0.25) is 4.79 Å². The monoisotopic (exact) mass is 621 g/mol. The molecule has 0 amide bonds. The predicted molar refractivity (Wildman–Crippen MR) is 176 cm³/mol. The molecule has 0 aliphatic heterocycles. The zero-order valence-corrected chi connectivity index (χ0v) is 27.5. The molecule has 7 nitrogen and oxygen atoms in total. The van der Waals surface area contributed by atoms with Crippen LogP contribution < -0.4 is 9.46 Å². The highest BCUT2D eigenvalue weighted by molar-refractivity contribution is 7.90. The van der Waals surface area contributed by atoms with Crippen molar-refractivity contribution >= 4 is 38.2 Å². The number of aromatic nitrogens is 2. The van der Waals surface area contributed by atoms with E-state index < -0.39 is 10.0 Å². The van der Waals surface area contributed by atoms with Crippen LogP contribution in [-0.4, -0.2) is 41.6 Å². The second kappa shape index (κ2) is 14.1. The summed E-state index contributed by atoms with van der Waals surface area (Å²) < 4.78 is 30.5. The lowest BCUT2D eigenvalue weighted by atomic mass is 9.86. The Morgan fingerprint density at radius 3 is 1.98 bits per heavy atom. The fraction of sp³-hybridized carbons (Fsp3) is 0.441. The molecule has 4 aromatic rings. The third-order valence-corrected chi connectivity index (χ3v) is 10.1. The smallest absolute Gasteiger partial charge is 0.242 e. The second-order valence-corrected chi connectivity index (χ2v) is 14.9. The minimum atomic E-state index is -2.94. The number of para-hydroxylation sites is 2. The molecule has 2 aromatic heterocycles. The van der Waals surface area contributed by atoms with E-state index in [1.807, 2.05) is 102 Å². The van der Waals surface area contributed by atoms with E-state index in [-0.39, 0.29) is 28.7 Å². The van der Waals surface area contributed by atoms with Gasteiger partial charge in [-0.1, -0.05) is 62.4 Å². The summed E-state index contributed by atoms with van der Waals surface area (Å²) in [5.74, 6) is 1.16. The summed E-state index contributed by atoms with van der Waals surface area (Å²) in [6.07, 6.45) is 3.82. The van der Waals surface area contributed by atoms with Gasteiger partial charge in [-0.25, -0.2) is 23.1 Å². The maximum atomic E-state index is 12.0. The summed E-state index contributed by atoms with van der Waals surface area (Å²) in [5, 5.41) is 1.95. The molecule has 2 aliphatic rings. The van der Waals surface area contributed by atoms with E-state index in [0.29, 0.717) is 11.7 Å². The predicted octanol–water partition coefficient (Wildman–Crippen LogP) is 7.57. The van der Waals surface area contributed by atoms with Crippen molar-refractivity contribution in [2.75, 3.05) is 0 Å². The molecule has 2 fully saturated rings. The van der Waals surface area contributed by atoms with Crippen LogP contribution >= 0.6 is 11.3 Å². The first-order valence-electron chi connectivity index (χ1n) is 15.0. The van der Waals surface area contributed by atoms with E-state index in [1.54, 1.807) is 11.3 Å². The molecule has 43 heavy (non-hydrogen) atoms. The van der Waals surface area contributed by atoms with E-state index in [2.05, 4.69) is 21.8 Å². The van der Waals surface area contributed by atoms with Gasteiger partial charge < -0.3 is 4.74 Å². The average Bonchev–Trinajstić information content (AvgIpc) is 3.90. The first-order chi connectivity index (χ1) is 20.4. The van der Waals surface area contributed by atoms with E-state index >= 15 is 0 Å². The first kappa shape index (κ1) is 32.8. The van der Waals surface area contributed by atoms with E-state index in [4.69, 9.17) is 9.72 Å². The molecule has 2 aromatic carbocycles. The number of rotatable bonds is 9. The van der Waals surface area contributed by atoms with E-state index in [1.165, 1.54) is 5.56 Å². The van der Waals surface area contributed by atoms with Gasteiger partial charge in [0, 0.05) is 12.0 Å². The van der Waals surface area contributed by atoms with Crippen LogP contribution in [0.15, 0.2) is 72.1 Å². The van der Waals surface area contributed by atoms with Gasteiger partial charge in [-0.2, -0.15) is 0 Å². The van der Waals surface area contributed by atoms with Gasteiger partial charge >= 0.3 is 0 Å². The highest BCUT2D eigenvalue weighted by Gasteiger charge is 2.51. The van der Waals surface area contributed by atoms with Crippen LogP contribution in [0.4, 0.5) is 0 Å². The Morgan fingerprint density at radius 1 is 0.884 bits per heavy atom. The minimum absolute atomic E-state index is 0.0330. The van der Waals surface area contributed by atoms with Gasteiger partial charge in [0.15, 0.2) is 0 Å². The molecule has 230 valence electrons. The number of hydrogen-bond acceptors (Lipinski definition) is 7. The van der Waals surface area contributed by atoms with Crippen LogP contribution in [0.3, 0.4) is 0 Å². The van der Waals surface area contributed by atoms with Gasteiger partial charge in [-0.05, 0) is 82.5 Å². The van der Waals surface area contributed by atoms with E-state index in [0.717, 1.165) is 47.3 Å². The van der Waals surface area contributed by atoms with Crippen molar-refractivity contribution in [2.24, 2.45) is 5.92 Å². The Balaban J connectivity index is 0.000000156. The van der Waals surface area contributed by atoms with Crippen LogP contribution in [-0.2, 0) is 20.2 Å². The van der Waals surface area contributed by atoms with Gasteiger partial charge in [0.1, 0.15) is 11.5 Å². The zero-order valence-electron chi connectivity index (χ0n) is 25.9. The Morgan fingerprint density at radius 2 is 1.49 bits per heavy atom.